The first-order valence-electron chi connectivity index (χ1n) is 8.65. The summed E-state index contributed by atoms with van der Waals surface area (Å²) in [6.45, 7) is 0.315. The molecule has 0 bridgehead atoms. The lowest BCUT2D eigenvalue weighted by Gasteiger charge is -2.38. The van der Waals surface area contributed by atoms with E-state index < -0.39 is 59.8 Å². The summed E-state index contributed by atoms with van der Waals surface area (Å²) in [5, 5.41) is 4.45. The van der Waals surface area contributed by atoms with Crippen molar-refractivity contribution in [3.63, 3.8) is 0 Å². The fourth-order valence-corrected chi connectivity index (χ4v) is 3.23. The first-order chi connectivity index (χ1) is 14.0. The van der Waals surface area contributed by atoms with E-state index in [1.54, 1.807) is 0 Å². The molecule has 5 nitrogen and oxygen atoms in total. The average Bonchev–Trinajstić information content (AvgIpc) is 2.61. The van der Waals surface area contributed by atoms with E-state index in [0.717, 1.165) is 24.3 Å². The summed E-state index contributed by atoms with van der Waals surface area (Å²) >= 11 is 0. The van der Waals surface area contributed by atoms with Crippen molar-refractivity contribution in [3.05, 3.63) is 65.0 Å². The smallest absolute Gasteiger partial charge is 0.348 e. The molecule has 0 saturated heterocycles. The highest BCUT2D eigenvalue weighted by Gasteiger charge is 2.50. The second kappa shape index (κ2) is 7.88. The van der Waals surface area contributed by atoms with Crippen molar-refractivity contribution in [1.29, 1.82) is 0 Å². The van der Waals surface area contributed by atoms with E-state index in [2.05, 4.69) is 10.6 Å². The molecule has 3 amide bonds. The number of rotatable bonds is 4. The molecule has 1 heterocycles. The summed E-state index contributed by atoms with van der Waals surface area (Å²) in [4.78, 5) is 24.7. The molecule has 0 radical (unpaired) electrons. The Morgan fingerprint density at radius 2 is 1.77 bits per heavy atom. The van der Waals surface area contributed by atoms with Gasteiger partial charge in [0.25, 0.3) is 0 Å². The van der Waals surface area contributed by atoms with Crippen molar-refractivity contribution in [2.75, 3.05) is 11.9 Å². The van der Waals surface area contributed by atoms with Gasteiger partial charge in [0.05, 0.1) is 6.04 Å². The third-order valence-corrected chi connectivity index (χ3v) is 4.55. The van der Waals surface area contributed by atoms with Crippen molar-refractivity contribution >= 4 is 17.6 Å². The number of urea groups is 1. The molecule has 0 spiro atoms. The van der Waals surface area contributed by atoms with Crippen LogP contribution in [-0.2, 0) is 4.79 Å². The van der Waals surface area contributed by atoms with Crippen LogP contribution < -0.4 is 10.6 Å². The Hall–Kier alpha value is -3.24. The molecule has 2 atom stereocenters. The topological polar surface area (TPSA) is 61.4 Å². The van der Waals surface area contributed by atoms with Crippen molar-refractivity contribution in [1.82, 2.24) is 10.2 Å². The summed E-state index contributed by atoms with van der Waals surface area (Å²) in [6, 6.07) is 0.403. The number of nitrogens with zero attached hydrogens (tertiary/aromatic N) is 1. The molecule has 0 unspecified atom stereocenters. The van der Waals surface area contributed by atoms with E-state index in [1.165, 1.54) is 6.92 Å². The van der Waals surface area contributed by atoms with E-state index in [0.29, 0.717) is 12.1 Å². The Kier molecular flexibility index (Phi) is 5.64. The lowest BCUT2D eigenvalue weighted by molar-refractivity contribution is -0.179. The molecular formula is C19H15F6N3O2. The molecule has 30 heavy (non-hydrogen) atoms. The zero-order valence-corrected chi connectivity index (χ0v) is 15.4. The van der Waals surface area contributed by atoms with Gasteiger partial charge in [-0.05, 0) is 31.2 Å². The Morgan fingerprint density at radius 3 is 2.40 bits per heavy atom. The van der Waals surface area contributed by atoms with Gasteiger partial charge in [0.2, 0.25) is 5.91 Å². The van der Waals surface area contributed by atoms with Crippen LogP contribution in [0, 0.1) is 17.5 Å². The Bertz CT molecular complexity index is 995. The summed E-state index contributed by atoms with van der Waals surface area (Å²) < 4.78 is 81.4. The van der Waals surface area contributed by atoms with Crippen LogP contribution in [0.1, 0.15) is 30.1 Å². The first kappa shape index (κ1) is 21.5. The zero-order chi connectivity index (χ0) is 22.2. The summed E-state index contributed by atoms with van der Waals surface area (Å²) in [5.74, 6) is -3.74. The molecule has 0 fully saturated rings. The first-order valence-corrected chi connectivity index (χ1v) is 8.65. The summed E-state index contributed by atoms with van der Waals surface area (Å²) in [7, 11) is 0. The van der Waals surface area contributed by atoms with Crippen LogP contribution in [0.15, 0.2) is 36.4 Å². The largest absolute Gasteiger partial charge is 0.413 e. The molecule has 1 aliphatic rings. The van der Waals surface area contributed by atoms with Crippen molar-refractivity contribution < 1.29 is 35.9 Å². The highest BCUT2D eigenvalue weighted by Crippen LogP contribution is 2.43. The minimum Gasteiger partial charge on any atom is -0.348 e. The molecule has 2 N–H and O–H groups in total. The highest BCUT2D eigenvalue weighted by molar-refractivity contribution is 5.95. The summed E-state index contributed by atoms with van der Waals surface area (Å²) in [5.41, 5.74) is -0.859. The van der Waals surface area contributed by atoms with Crippen molar-refractivity contribution in [3.8, 4) is 0 Å². The zero-order valence-electron chi connectivity index (χ0n) is 15.4. The van der Waals surface area contributed by atoms with Gasteiger partial charge < -0.3 is 10.6 Å². The number of benzene rings is 2. The fourth-order valence-electron chi connectivity index (χ4n) is 3.23. The maximum atomic E-state index is 13.8. The number of amides is 3. The van der Waals surface area contributed by atoms with Crippen LogP contribution in [-0.4, -0.2) is 29.6 Å². The molecule has 0 saturated carbocycles. The van der Waals surface area contributed by atoms with Crippen LogP contribution in [0.2, 0.25) is 0 Å². The van der Waals surface area contributed by atoms with Crippen LogP contribution in [0.4, 0.5) is 36.8 Å². The van der Waals surface area contributed by atoms with Gasteiger partial charge in [0, 0.05) is 22.9 Å². The van der Waals surface area contributed by atoms with Gasteiger partial charge in [-0.3, -0.25) is 9.69 Å². The highest BCUT2D eigenvalue weighted by atomic mass is 19.4. The molecule has 0 aliphatic carbocycles. The molecule has 0 aromatic heterocycles. The van der Waals surface area contributed by atoms with Gasteiger partial charge in [-0.15, -0.1) is 0 Å². The fraction of sp³-hybridized carbons (Fsp3) is 0.263. The number of hydrogen-bond donors (Lipinski definition) is 2. The quantitative estimate of drug-likeness (QED) is 0.704. The minimum atomic E-state index is -4.99. The van der Waals surface area contributed by atoms with Crippen molar-refractivity contribution in [2.24, 2.45) is 0 Å². The Morgan fingerprint density at radius 1 is 1.13 bits per heavy atom. The normalized spacial score (nSPS) is 17.2. The van der Waals surface area contributed by atoms with Gasteiger partial charge in [0.15, 0.2) is 6.04 Å². The Balaban J connectivity index is 1.83. The monoisotopic (exact) mass is 431 g/mol. The molecule has 3 rings (SSSR count). The maximum absolute atomic E-state index is 13.8. The molecule has 2 aromatic rings. The van der Waals surface area contributed by atoms with Gasteiger partial charge in [-0.1, -0.05) is 6.07 Å². The predicted molar refractivity (Wildman–Crippen MR) is 93.8 cm³/mol. The van der Waals surface area contributed by atoms with Crippen LogP contribution >= 0.6 is 0 Å². The second-order valence-corrected chi connectivity index (χ2v) is 6.69. The van der Waals surface area contributed by atoms with Crippen LogP contribution in [0.5, 0.6) is 0 Å². The third kappa shape index (κ3) is 4.34. The number of alkyl halides is 3. The van der Waals surface area contributed by atoms with Gasteiger partial charge in [0.1, 0.15) is 24.0 Å². The number of carbonyl (C=O) groups excluding carboxylic acids is 2. The van der Waals surface area contributed by atoms with Gasteiger partial charge >= 0.3 is 12.2 Å². The van der Waals surface area contributed by atoms with Crippen LogP contribution in [0.3, 0.4) is 0 Å². The molecule has 1 aliphatic heterocycles. The molecule has 2 aromatic carbocycles. The number of nitrogens with one attached hydrogen (secondary N) is 2. The number of hydrogen-bond acceptors (Lipinski definition) is 2. The van der Waals surface area contributed by atoms with Gasteiger partial charge in [-0.25, -0.2) is 18.0 Å². The number of halogens is 6. The summed E-state index contributed by atoms with van der Waals surface area (Å²) in [6.07, 6.45) is -4.99. The van der Waals surface area contributed by atoms with E-state index in [9.17, 15) is 35.9 Å². The minimum absolute atomic E-state index is 0.0902. The van der Waals surface area contributed by atoms with Gasteiger partial charge in [-0.2, -0.15) is 13.2 Å². The van der Waals surface area contributed by atoms with E-state index in [-0.39, 0.29) is 16.2 Å². The molecular weight excluding hydrogens is 416 g/mol. The Labute approximate surface area is 166 Å². The van der Waals surface area contributed by atoms with E-state index >= 15 is 0 Å². The predicted octanol–water partition coefficient (Wildman–Crippen LogP) is 4.43. The molecule has 160 valence electrons. The number of fused-ring (bicyclic) bond motifs is 1. The van der Waals surface area contributed by atoms with Crippen molar-refractivity contribution in [2.45, 2.75) is 25.2 Å². The van der Waals surface area contributed by atoms with E-state index in [4.69, 9.17) is 0 Å². The number of carbonyl (C=O) groups is 2. The van der Waals surface area contributed by atoms with E-state index in [1.807, 2.05) is 0 Å². The molecule has 11 heteroatoms. The third-order valence-electron chi connectivity index (χ3n) is 4.55. The second-order valence-electron chi connectivity index (χ2n) is 6.69. The maximum Gasteiger partial charge on any atom is 0.413 e. The lowest BCUT2D eigenvalue weighted by atomic mass is 10.00. The SMILES string of the molecule is C[C@H](NC(=O)CN1C(=O)Nc2ccc(F)cc2[C@@H]1C(F)(F)F)c1ccc(F)cc1F. The lowest BCUT2D eigenvalue weighted by Crippen LogP contribution is -2.51. The average molecular weight is 431 g/mol. The number of anilines is 1. The van der Waals surface area contributed by atoms with Crippen LogP contribution in [0.25, 0.3) is 0 Å². The standard InChI is InChI=1S/C19H15F6N3O2/c1-9(12-4-2-11(21)7-14(12)22)26-16(29)8-28-17(19(23,24)25)13-6-10(20)3-5-15(13)27-18(28)30/h2-7,9,17H,8H2,1H3,(H,26,29)(H,27,30)/t9-,17+/m0/s1.